The second kappa shape index (κ2) is 6.13. The Morgan fingerprint density at radius 1 is 1.33 bits per heavy atom. The van der Waals surface area contributed by atoms with E-state index in [2.05, 4.69) is 0 Å². The predicted octanol–water partition coefficient (Wildman–Crippen LogP) is 0.765. The number of ketones is 1. The fraction of sp³-hybridized carbons (Fsp3) is 0.500. The van der Waals surface area contributed by atoms with E-state index in [0.29, 0.717) is 18.6 Å². The summed E-state index contributed by atoms with van der Waals surface area (Å²) in [5.74, 6) is 0.403. The third kappa shape index (κ3) is 3.25. The van der Waals surface area contributed by atoms with Gasteiger partial charge in [0.1, 0.15) is 11.5 Å². The van der Waals surface area contributed by atoms with Crippen molar-refractivity contribution in [3.8, 4) is 5.75 Å². The van der Waals surface area contributed by atoms with Crippen LogP contribution in [0.2, 0.25) is 0 Å². The molecule has 0 unspecified atom stereocenters. The molecule has 2 rings (SSSR count). The number of piperidine rings is 1. The molecule has 0 aromatic heterocycles. The lowest BCUT2D eigenvalue weighted by molar-refractivity contribution is -0.121. The molecule has 1 fully saturated rings. The van der Waals surface area contributed by atoms with Crippen molar-refractivity contribution in [2.24, 2.45) is 5.73 Å². The number of Topliss-reactive ketones (excluding diaryl/α,β-unsaturated/α-hetero) is 1. The number of sulfonamides is 1. The zero-order valence-corrected chi connectivity index (χ0v) is 13.0. The Morgan fingerprint density at radius 2 is 1.95 bits per heavy atom. The van der Waals surface area contributed by atoms with Gasteiger partial charge in [-0.25, -0.2) is 8.42 Å². The molecule has 1 aromatic rings. The summed E-state index contributed by atoms with van der Waals surface area (Å²) in [5, 5.41) is 0. The zero-order valence-electron chi connectivity index (χ0n) is 12.2. The van der Waals surface area contributed by atoms with Crippen LogP contribution in [0.5, 0.6) is 5.75 Å². The summed E-state index contributed by atoms with van der Waals surface area (Å²) in [6.07, 6.45) is 0.921. The number of rotatable bonds is 4. The van der Waals surface area contributed by atoms with Crippen LogP contribution >= 0.6 is 0 Å². The van der Waals surface area contributed by atoms with Crippen LogP contribution in [0.1, 0.15) is 19.8 Å². The molecule has 1 aliphatic heterocycles. The largest absolute Gasteiger partial charge is 0.497 e. The molecule has 7 heteroatoms. The normalized spacial score (nSPS) is 23.8. The van der Waals surface area contributed by atoms with Gasteiger partial charge in [-0.15, -0.1) is 0 Å². The number of nitrogens with two attached hydrogens (primary N) is 1. The van der Waals surface area contributed by atoms with E-state index in [4.69, 9.17) is 10.5 Å². The highest BCUT2D eigenvalue weighted by atomic mass is 32.2. The molecule has 0 amide bonds. The molecule has 0 saturated carbocycles. The van der Waals surface area contributed by atoms with Crippen molar-refractivity contribution in [3.05, 3.63) is 24.3 Å². The lowest BCUT2D eigenvalue weighted by Crippen LogP contribution is -2.52. The molecule has 1 heterocycles. The first-order valence-corrected chi connectivity index (χ1v) is 8.22. The average molecular weight is 312 g/mol. The fourth-order valence-corrected chi connectivity index (χ4v) is 4.18. The van der Waals surface area contributed by atoms with Crippen LogP contribution in [-0.4, -0.2) is 44.2 Å². The highest BCUT2D eigenvalue weighted by Gasteiger charge is 2.38. The predicted molar refractivity (Wildman–Crippen MR) is 78.6 cm³/mol. The third-order valence-corrected chi connectivity index (χ3v) is 5.65. The smallest absolute Gasteiger partial charge is 0.243 e. The molecule has 2 N–H and O–H groups in total. The Labute approximate surface area is 124 Å². The Morgan fingerprint density at radius 3 is 2.48 bits per heavy atom. The van der Waals surface area contributed by atoms with Gasteiger partial charge in [-0.1, -0.05) is 0 Å². The number of hydrogen-bond donors (Lipinski definition) is 1. The Hall–Kier alpha value is -1.44. The quantitative estimate of drug-likeness (QED) is 0.886. The number of hydrogen-bond acceptors (Lipinski definition) is 5. The van der Waals surface area contributed by atoms with E-state index in [1.54, 1.807) is 12.1 Å². The van der Waals surface area contributed by atoms with E-state index < -0.39 is 16.1 Å². The van der Waals surface area contributed by atoms with Gasteiger partial charge in [-0.05, 0) is 44.0 Å². The Kier molecular flexibility index (Phi) is 4.65. The third-order valence-electron chi connectivity index (χ3n) is 3.73. The molecule has 0 bridgehead atoms. The van der Waals surface area contributed by atoms with Crippen LogP contribution in [0.25, 0.3) is 0 Å². The first-order valence-electron chi connectivity index (χ1n) is 6.78. The van der Waals surface area contributed by atoms with E-state index in [0.717, 1.165) is 0 Å². The number of carbonyl (C=O) groups is 1. The Balaban J connectivity index is 2.34. The number of nitrogens with zero attached hydrogens (tertiary/aromatic N) is 1. The molecule has 2 atom stereocenters. The molecule has 0 spiro atoms. The zero-order chi connectivity index (χ0) is 15.6. The minimum Gasteiger partial charge on any atom is -0.497 e. The summed E-state index contributed by atoms with van der Waals surface area (Å²) in [7, 11) is -2.19. The maximum Gasteiger partial charge on any atom is 0.243 e. The van der Waals surface area contributed by atoms with E-state index in [1.165, 1.54) is 30.5 Å². The van der Waals surface area contributed by atoms with E-state index in [1.807, 2.05) is 0 Å². The van der Waals surface area contributed by atoms with Crippen molar-refractivity contribution < 1.29 is 17.9 Å². The molecule has 116 valence electrons. The molecule has 6 nitrogen and oxygen atoms in total. The van der Waals surface area contributed by atoms with Gasteiger partial charge in [0.2, 0.25) is 10.0 Å². The fourth-order valence-electron chi connectivity index (χ4n) is 2.51. The second-order valence-electron chi connectivity index (χ2n) is 5.20. The first kappa shape index (κ1) is 15.9. The summed E-state index contributed by atoms with van der Waals surface area (Å²) in [6, 6.07) is 5.33. The number of benzene rings is 1. The topological polar surface area (TPSA) is 89.7 Å². The van der Waals surface area contributed by atoms with Gasteiger partial charge in [0, 0.05) is 12.6 Å². The molecule has 21 heavy (non-hydrogen) atoms. The van der Waals surface area contributed by atoms with Gasteiger partial charge in [-0.2, -0.15) is 4.31 Å². The Bertz CT molecular complexity index is 612. The van der Waals surface area contributed by atoms with Crippen molar-refractivity contribution in [1.29, 1.82) is 0 Å². The molecule has 1 aromatic carbocycles. The van der Waals surface area contributed by atoms with Crippen LogP contribution in [0, 0.1) is 0 Å². The van der Waals surface area contributed by atoms with Crippen molar-refractivity contribution in [2.45, 2.75) is 36.7 Å². The highest BCUT2D eigenvalue weighted by molar-refractivity contribution is 7.89. The van der Waals surface area contributed by atoms with Gasteiger partial charge in [-0.3, -0.25) is 4.79 Å². The monoisotopic (exact) mass is 312 g/mol. The van der Waals surface area contributed by atoms with Crippen LogP contribution in [0.4, 0.5) is 0 Å². The molecular formula is C14H20N2O4S. The van der Waals surface area contributed by atoms with Gasteiger partial charge in [0.05, 0.1) is 18.0 Å². The van der Waals surface area contributed by atoms with E-state index in [9.17, 15) is 13.2 Å². The lowest BCUT2D eigenvalue weighted by Gasteiger charge is -2.35. The highest BCUT2D eigenvalue weighted by Crippen LogP contribution is 2.26. The summed E-state index contributed by atoms with van der Waals surface area (Å²) < 4.78 is 31.7. The van der Waals surface area contributed by atoms with Crippen LogP contribution < -0.4 is 10.5 Å². The number of carbonyl (C=O) groups excluding carboxylic acids is 1. The van der Waals surface area contributed by atoms with Gasteiger partial charge in [0.25, 0.3) is 0 Å². The molecule has 0 radical (unpaired) electrons. The average Bonchev–Trinajstić information content (AvgIpc) is 2.47. The summed E-state index contributed by atoms with van der Waals surface area (Å²) >= 11 is 0. The van der Waals surface area contributed by atoms with Crippen LogP contribution in [-0.2, 0) is 14.8 Å². The van der Waals surface area contributed by atoms with Crippen molar-refractivity contribution in [2.75, 3.05) is 13.7 Å². The minimum absolute atomic E-state index is 0.138. The lowest BCUT2D eigenvalue weighted by atomic mass is 9.98. The summed E-state index contributed by atoms with van der Waals surface area (Å²) in [6.45, 7) is 1.67. The maximum atomic E-state index is 12.7. The van der Waals surface area contributed by atoms with Gasteiger partial charge < -0.3 is 10.5 Å². The molecule has 1 aliphatic rings. The van der Waals surface area contributed by atoms with Gasteiger partial charge >= 0.3 is 0 Å². The molecule has 0 aliphatic carbocycles. The van der Waals surface area contributed by atoms with Crippen molar-refractivity contribution in [1.82, 2.24) is 4.31 Å². The van der Waals surface area contributed by atoms with Gasteiger partial charge in [0.15, 0.2) is 0 Å². The van der Waals surface area contributed by atoms with E-state index in [-0.39, 0.29) is 23.3 Å². The number of ether oxygens (including phenoxy) is 1. The first-order chi connectivity index (χ1) is 9.86. The second-order valence-corrected chi connectivity index (χ2v) is 7.09. The minimum atomic E-state index is -3.70. The summed E-state index contributed by atoms with van der Waals surface area (Å²) in [5.41, 5.74) is 5.85. The summed E-state index contributed by atoms with van der Waals surface area (Å²) in [4.78, 5) is 11.9. The van der Waals surface area contributed by atoms with Crippen molar-refractivity contribution >= 4 is 15.8 Å². The molecule has 1 saturated heterocycles. The SMILES string of the molecule is COc1ccc(S(=O)(=O)N2CC[C@@H](N)C[C@@H]2C(C)=O)cc1. The van der Waals surface area contributed by atoms with E-state index >= 15 is 0 Å². The standard InChI is InChI=1S/C14H20N2O4S/c1-10(17)14-9-11(15)7-8-16(14)21(18,19)13-5-3-12(20-2)4-6-13/h3-6,11,14H,7-9,15H2,1-2H3/t11-,14-/m1/s1. The molecular weight excluding hydrogens is 292 g/mol. The number of methoxy groups -OCH3 is 1. The van der Waals surface area contributed by atoms with Crippen LogP contribution in [0.15, 0.2) is 29.2 Å². The maximum absolute atomic E-state index is 12.7. The van der Waals surface area contributed by atoms with Crippen molar-refractivity contribution in [3.63, 3.8) is 0 Å². The van der Waals surface area contributed by atoms with Crippen LogP contribution in [0.3, 0.4) is 0 Å².